The summed E-state index contributed by atoms with van der Waals surface area (Å²) in [6.45, 7) is -0.0691. The number of ether oxygens (including phenoxy) is 1. The molecular formula is C7H14O8. The molecule has 1 rings (SSSR count). The molecule has 8 heteroatoms. The maximum atomic E-state index is 9.55. The van der Waals surface area contributed by atoms with Gasteiger partial charge in [-0.15, -0.1) is 0 Å². The minimum atomic E-state index is -3.50. The van der Waals surface area contributed by atoms with E-state index in [1.54, 1.807) is 0 Å². The number of hydrogen-bond donors (Lipinski definition) is 7. The van der Waals surface area contributed by atoms with E-state index in [-0.39, 0.29) is 0 Å². The second-order valence-electron chi connectivity index (χ2n) is 3.71. The Balaban J connectivity index is 3.14. The molecule has 0 spiro atoms. The highest BCUT2D eigenvalue weighted by atomic mass is 16.8. The summed E-state index contributed by atoms with van der Waals surface area (Å²) in [7, 11) is 0. The van der Waals surface area contributed by atoms with Crippen LogP contribution in [0.2, 0.25) is 0 Å². The van der Waals surface area contributed by atoms with Crippen molar-refractivity contribution in [3.05, 3.63) is 0 Å². The van der Waals surface area contributed by atoms with Crippen LogP contribution in [0.1, 0.15) is 6.92 Å². The van der Waals surface area contributed by atoms with Crippen molar-refractivity contribution in [3.63, 3.8) is 0 Å². The average Bonchev–Trinajstić information content (AvgIpc) is 2.10. The van der Waals surface area contributed by atoms with Gasteiger partial charge >= 0.3 is 5.97 Å². The third-order valence-corrected chi connectivity index (χ3v) is 2.58. The molecule has 0 aliphatic carbocycles. The van der Waals surface area contributed by atoms with Crippen molar-refractivity contribution in [1.82, 2.24) is 0 Å². The van der Waals surface area contributed by atoms with Crippen LogP contribution in [0.3, 0.4) is 0 Å². The number of aliphatic hydroxyl groups excluding tert-OH is 2. The Bertz CT molecular complexity index is 247. The SMILES string of the molecule is C[C@]1(O)[C@@H](O)[C@@H](CO)OC(O)(O)C1(O)O. The summed E-state index contributed by atoms with van der Waals surface area (Å²) in [6, 6.07) is 0. The topological polar surface area (TPSA) is 151 Å². The minimum Gasteiger partial charge on any atom is -0.394 e. The van der Waals surface area contributed by atoms with Crippen LogP contribution in [0.25, 0.3) is 0 Å². The summed E-state index contributed by atoms with van der Waals surface area (Å²) >= 11 is 0. The van der Waals surface area contributed by atoms with Crippen molar-refractivity contribution in [1.29, 1.82) is 0 Å². The molecule has 8 nitrogen and oxygen atoms in total. The molecule has 1 aliphatic heterocycles. The molecule has 0 unspecified atom stereocenters. The fraction of sp³-hybridized carbons (Fsp3) is 1.00. The molecule has 0 radical (unpaired) electrons. The lowest BCUT2D eigenvalue weighted by Crippen LogP contribution is -2.78. The van der Waals surface area contributed by atoms with Gasteiger partial charge in [-0.05, 0) is 6.92 Å². The zero-order valence-corrected chi connectivity index (χ0v) is 7.90. The van der Waals surface area contributed by atoms with Crippen LogP contribution in [0.5, 0.6) is 0 Å². The summed E-state index contributed by atoms with van der Waals surface area (Å²) in [5.41, 5.74) is -2.68. The largest absolute Gasteiger partial charge is 0.394 e. The maximum Gasteiger partial charge on any atom is 0.338 e. The first kappa shape index (κ1) is 12.7. The van der Waals surface area contributed by atoms with Gasteiger partial charge in [-0.25, -0.2) is 0 Å². The van der Waals surface area contributed by atoms with Crippen LogP contribution in [0, 0.1) is 0 Å². The van der Waals surface area contributed by atoms with Crippen molar-refractivity contribution in [2.75, 3.05) is 6.61 Å². The first-order chi connectivity index (χ1) is 6.58. The Labute approximate surface area is 84.6 Å². The van der Waals surface area contributed by atoms with Gasteiger partial charge in [0.1, 0.15) is 12.2 Å². The van der Waals surface area contributed by atoms with Crippen LogP contribution in [-0.4, -0.2) is 71.9 Å². The molecule has 0 saturated carbocycles. The van der Waals surface area contributed by atoms with Crippen molar-refractivity contribution in [2.45, 2.75) is 36.5 Å². The Morgan fingerprint density at radius 1 is 1.13 bits per heavy atom. The van der Waals surface area contributed by atoms with Gasteiger partial charge in [-0.2, -0.15) is 0 Å². The molecule has 7 N–H and O–H groups in total. The summed E-state index contributed by atoms with van der Waals surface area (Å²) in [5.74, 6) is -6.99. The Kier molecular flexibility index (Phi) is 2.83. The Morgan fingerprint density at radius 3 is 2.00 bits per heavy atom. The lowest BCUT2D eigenvalue weighted by atomic mass is 9.82. The van der Waals surface area contributed by atoms with Crippen LogP contribution < -0.4 is 0 Å². The quantitative estimate of drug-likeness (QED) is 0.222. The minimum absolute atomic E-state index is 0.768. The van der Waals surface area contributed by atoms with E-state index < -0.39 is 36.2 Å². The zero-order chi connectivity index (χ0) is 12.1. The van der Waals surface area contributed by atoms with Crippen molar-refractivity contribution < 1.29 is 40.5 Å². The highest BCUT2D eigenvalue weighted by Crippen LogP contribution is 2.39. The molecule has 1 heterocycles. The molecule has 0 amide bonds. The summed E-state index contributed by atoms with van der Waals surface area (Å²) in [6.07, 6.45) is -3.45. The van der Waals surface area contributed by atoms with Gasteiger partial charge in [0.05, 0.1) is 6.61 Å². The lowest BCUT2D eigenvalue weighted by Gasteiger charge is -2.52. The third kappa shape index (κ3) is 1.55. The standard InChI is InChI=1S/C7H14O8/c1-5(10)4(9)3(2-8)15-7(13,14)6(5,11)12/h3-4,8-14H,2H2,1H3/t3-,4+,5+/m1/s1. The molecular weight excluding hydrogens is 212 g/mol. The first-order valence-electron chi connectivity index (χ1n) is 4.16. The lowest BCUT2D eigenvalue weighted by molar-refractivity contribution is -0.532. The van der Waals surface area contributed by atoms with E-state index >= 15 is 0 Å². The molecule has 0 bridgehead atoms. The summed E-state index contributed by atoms with van der Waals surface area (Å²) in [4.78, 5) is 0. The van der Waals surface area contributed by atoms with E-state index in [1.807, 2.05) is 0 Å². The average molecular weight is 226 g/mol. The molecule has 0 aromatic heterocycles. The normalized spacial score (nSPS) is 44.0. The number of rotatable bonds is 1. The molecule has 1 aliphatic rings. The van der Waals surface area contributed by atoms with E-state index in [0.29, 0.717) is 0 Å². The van der Waals surface area contributed by atoms with Gasteiger partial charge in [0.15, 0.2) is 5.60 Å². The van der Waals surface area contributed by atoms with E-state index in [0.717, 1.165) is 6.92 Å². The zero-order valence-electron chi connectivity index (χ0n) is 7.90. The Morgan fingerprint density at radius 2 is 1.60 bits per heavy atom. The van der Waals surface area contributed by atoms with Gasteiger partial charge in [0, 0.05) is 0 Å². The molecule has 1 fully saturated rings. The van der Waals surface area contributed by atoms with E-state index in [9.17, 15) is 20.4 Å². The van der Waals surface area contributed by atoms with Crippen molar-refractivity contribution in [2.24, 2.45) is 0 Å². The fourth-order valence-corrected chi connectivity index (χ4v) is 1.39. The van der Waals surface area contributed by atoms with Crippen LogP contribution in [-0.2, 0) is 4.74 Å². The highest BCUT2D eigenvalue weighted by molar-refractivity contribution is 5.05. The van der Waals surface area contributed by atoms with Gasteiger partial charge in [0.2, 0.25) is 0 Å². The molecule has 0 aromatic rings. The van der Waals surface area contributed by atoms with Gasteiger partial charge in [-0.3, -0.25) is 0 Å². The van der Waals surface area contributed by atoms with Crippen molar-refractivity contribution >= 4 is 0 Å². The fourth-order valence-electron chi connectivity index (χ4n) is 1.39. The molecule has 3 atom stereocenters. The van der Waals surface area contributed by atoms with E-state index in [2.05, 4.69) is 4.74 Å². The van der Waals surface area contributed by atoms with E-state index in [1.165, 1.54) is 0 Å². The highest BCUT2D eigenvalue weighted by Gasteiger charge is 2.69. The second kappa shape index (κ2) is 3.34. The Hall–Kier alpha value is -0.320. The smallest absolute Gasteiger partial charge is 0.338 e. The van der Waals surface area contributed by atoms with Gasteiger partial charge in [0.25, 0.3) is 5.79 Å². The number of hydrogen-bond acceptors (Lipinski definition) is 8. The summed E-state index contributed by atoms with van der Waals surface area (Å²) in [5, 5.41) is 64.4. The maximum absolute atomic E-state index is 9.55. The second-order valence-corrected chi connectivity index (χ2v) is 3.71. The molecule has 90 valence electrons. The predicted molar refractivity (Wildman–Crippen MR) is 42.9 cm³/mol. The van der Waals surface area contributed by atoms with Crippen molar-refractivity contribution in [3.8, 4) is 0 Å². The van der Waals surface area contributed by atoms with E-state index in [4.69, 9.17) is 15.3 Å². The molecule has 15 heavy (non-hydrogen) atoms. The van der Waals surface area contributed by atoms with Gasteiger partial charge < -0.3 is 40.5 Å². The third-order valence-electron chi connectivity index (χ3n) is 2.58. The van der Waals surface area contributed by atoms with Crippen LogP contribution >= 0.6 is 0 Å². The molecule has 0 aromatic carbocycles. The van der Waals surface area contributed by atoms with Crippen LogP contribution in [0.15, 0.2) is 0 Å². The van der Waals surface area contributed by atoms with Gasteiger partial charge in [-0.1, -0.05) is 0 Å². The predicted octanol–water partition coefficient (Wildman–Crippen LogP) is -4.19. The van der Waals surface area contributed by atoms with Crippen LogP contribution in [0.4, 0.5) is 0 Å². The summed E-state index contributed by atoms with van der Waals surface area (Å²) < 4.78 is 4.24. The first-order valence-corrected chi connectivity index (χ1v) is 4.16. The monoisotopic (exact) mass is 226 g/mol. The number of aliphatic hydroxyl groups is 7. The molecule has 1 saturated heterocycles.